The molecular weight excluding hydrogens is 416 g/mol. The quantitative estimate of drug-likeness (QED) is 0.219. The second kappa shape index (κ2) is 15.1. The van der Waals surface area contributed by atoms with Gasteiger partial charge in [-0.3, -0.25) is 14.5 Å². The fourth-order valence-corrected chi connectivity index (χ4v) is 2.76. The zero-order chi connectivity index (χ0) is 23.0. The average Bonchev–Trinajstić information content (AvgIpc) is 3.12. The number of rotatable bonds is 17. The lowest BCUT2D eigenvalue weighted by Crippen LogP contribution is -2.33. The normalized spacial score (nSPS) is 13.1. The molecule has 0 fully saturated rings. The molecule has 1 heterocycles. The third-order valence-electron chi connectivity index (χ3n) is 4.54. The van der Waals surface area contributed by atoms with Crippen molar-refractivity contribution in [3.05, 3.63) is 42.0 Å². The lowest BCUT2D eigenvalue weighted by Gasteiger charge is -2.13. The summed E-state index contributed by atoms with van der Waals surface area (Å²) in [6.07, 6.45) is 4.73. The Morgan fingerprint density at radius 3 is 2.00 bits per heavy atom. The van der Waals surface area contributed by atoms with E-state index in [9.17, 15) is 14.4 Å². The maximum Gasteiger partial charge on any atom is 0.338 e. The van der Waals surface area contributed by atoms with E-state index in [4.69, 9.17) is 18.9 Å². The first-order chi connectivity index (χ1) is 15.6. The zero-order valence-corrected chi connectivity index (χ0v) is 18.5. The molecule has 2 amide bonds. The fraction of sp³-hybridized carbons (Fsp3) is 0.522. The topological polar surface area (TPSA) is 103 Å². The van der Waals surface area contributed by atoms with Crippen molar-refractivity contribution in [2.75, 3.05) is 64.7 Å². The molecule has 9 heteroatoms. The first-order valence-electron chi connectivity index (χ1n) is 10.9. The fourth-order valence-electron chi connectivity index (χ4n) is 2.76. The number of hydrogen-bond donors (Lipinski definition) is 1. The zero-order valence-electron chi connectivity index (χ0n) is 18.5. The monoisotopic (exact) mass is 448 g/mol. The van der Waals surface area contributed by atoms with Crippen LogP contribution in [0.3, 0.4) is 0 Å². The number of hydrogen-bond acceptors (Lipinski definition) is 8. The minimum atomic E-state index is -0.379. The van der Waals surface area contributed by atoms with Gasteiger partial charge in [-0.1, -0.05) is 13.3 Å². The van der Waals surface area contributed by atoms with Crippen LogP contribution in [0.5, 0.6) is 0 Å². The first-order valence-corrected chi connectivity index (χ1v) is 10.9. The molecule has 1 aliphatic heterocycles. The Kier molecular flexibility index (Phi) is 12.1. The van der Waals surface area contributed by atoms with Gasteiger partial charge in [-0.05, 0) is 30.7 Å². The van der Waals surface area contributed by atoms with Crippen molar-refractivity contribution < 1.29 is 33.3 Å². The number of amides is 2. The molecule has 0 saturated heterocycles. The highest BCUT2D eigenvalue weighted by Gasteiger charge is 2.22. The molecule has 0 aliphatic carbocycles. The van der Waals surface area contributed by atoms with Gasteiger partial charge >= 0.3 is 5.97 Å². The Hall–Kier alpha value is -2.75. The molecule has 0 radical (unpaired) electrons. The Morgan fingerprint density at radius 2 is 1.41 bits per heavy atom. The van der Waals surface area contributed by atoms with Crippen LogP contribution in [0, 0.1) is 0 Å². The minimum Gasteiger partial charge on any atom is -0.460 e. The maximum absolute atomic E-state index is 12.0. The summed E-state index contributed by atoms with van der Waals surface area (Å²) < 4.78 is 21.3. The summed E-state index contributed by atoms with van der Waals surface area (Å²) in [5.41, 5.74) is 1.49. The van der Waals surface area contributed by atoms with Gasteiger partial charge in [0.1, 0.15) is 6.61 Å². The summed E-state index contributed by atoms with van der Waals surface area (Å²) in [4.78, 5) is 35.9. The van der Waals surface area contributed by atoms with Crippen molar-refractivity contribution in [2.45, 2.75) is 19.8 Å². The van der Waals surface area contributed by atoms with Crippen LogP contribution in [-0.4, -0.2) is 82.0 Å². The molecule has 9 nitrogen and oxygen atoms in total. The molecule has 1 aromatic rings. The number of unbranched alkanes of at least 4 members (excludes halogenated alkanes) is 1. The number of anilines is 1. The Bertz CT molecular complexity index is 731. The lowest BCUT2D eigenvalue weighted by atomic mass is 10.2. The smallest absolute Gasteiger partial charge is 0.338 e. The molecule has 32 heavy (non-hydrogen) atoms. The highest BCUT2D eigenvalue weighted by molar-refractivity contribution is 6.12. The Labute approximate surface area is 188 Å². The van der Waals surface area contributed by atoms with Crippen LogP contribution in [0.15, 0.2) is 36.4 Å². The molecule has 1 N–H and O–H groups in total. The number of imide groups is 1. The molecule has 0 aromatic heterocycles. The van der Waals surface area contributed by atoms with Gasteiger partial charge in [0, 0.05) is 24.4 Å². The summed E-state index contributed by atoms with van der Waals surface area (Å²) >= 11 is 0. The summed E-state index contributed by atoms with van der Waals surface area (Å²) in [7, 11) is 0. The van der Waals surface area contributed by atoms with Crippen LogP contribution in [0.2, 0.25) is 0 Å². The molecule has 0 bridgehead atoms. The highest BCUT2D eigenvalue weighted by atomic mass is 16.6. The van der Waals surface area contributed by atoms with E-state index in [0.717, 1.165) is 30.0 Å². The highest BCUT2D eigenvalue weighted by Crippen LogP contribution is 2.11. The molecule has 176 valence electrons. The van der Waals surface area contributed by atoms with E-state index in [-0.39, 0.29) is 44.1 Å². The summed E-state index contributed by atoms with van der Waals surface area (Å²) in [5.74, 6) is -1.01. The summed E-state index contributed by atoms with van der Waals surface area (Å²) in [6, 6.07) is 7.22. The van der Waals surface area contributed by atoms with Crippen LogP contribution in [0.25, 0.3) is 0 Å². The van der Waals surface area contributed by atoms with Crippen molar-refractivity contribution in [3.8, 4) is 0 Å². The number of benzene rings is 1. The van der Waals surface area contributed by atoms with E-state index < -0.39 is 0 Å². The van der Waals surface area contributed by atoms with Crippen molar-refractivity contribution in [3.63, 3.8) is 0 Å². The van der Waals surface area contributed by atoms with Crippen LogP contribution in [0.1, 0.15) is 30.1 Å². The van der Waals surface area contributed by atoms with Gasteiger partial charge in [0.15, 0.2) is 0 Å². The van der Waals surface area contributed by atoms with Gasteiger partial charge in [-0.2, -0.15) is 0 Å². The molecule has 1 aromatic carbocycles. The van der Waals surface area contributed by atoms with Gasteiger partial charge in [-0.25, -0.2) is 4.79 Å². The van der Waals surface area contributed by atoms with Gasteiger partial charge in [0.05, 0.1) is 51.7 Å². The Balaban J connectivity index is 1.40. The average molecular weight is 449 g/mol. The molecule has 0 saturated carbocycles. The van der Waals surface area contributed by atoms with Crippen LogP contribution in [0.4, 0.5) is 5.69 Å². The second-order valence-electron chi connectivity index (χ2n) is 6.99. The van der Waals surface area contributed by atoms with Gasteiger partial charge in [-0.15, -0.1) is 0 Å². The SMILES string of the molecule is CCCCNc1ccc(C(=O)OCCOCCOCCOCCN2C(=O)C=CC2=O)cc1. The van der Waals surface area contributed by atoms with Crippen molar-refractivity contribution >= 4 is 23.5 Å². The van der Waals surface area contributed by atoms with E-state index in [2.05, 4.69) is 12.2 Å². The van der Waals surface area contributed by atoms with Crippen molar-refractivity contribution in [1.82, 2.24) is 4.90 Å². The number of carbonyl (C=O) groups is 3. The number of ether oxygens (including phenoxy) is 4. The number of carbonyl (C=O) groups excluding carboxylic acids is 3. The van der Waals surface area contributed by atoms with Crippen molar-refractivity contribution in [2.24, 2.45) is 0 Å². The van der Waals surface area contributed by atoms with E-state index in [1.165, 1.54) is 12.2 Å². The largest absolute Gasteiger partial charge is 0.460 e. The number of esters is 1. The third-order valence-corrected chi connectivity index (χ3v) is 4.54. The first kappa shape index (κ1) is 25.5. The number of nitrogens with zero attached hydrogens (tertiary/aromatic N) is 1. The summed E-state index contributed by atoms with van der Waals surface area (Å²) in [5, 5.41) is 3.30. The van der Waals surface area contributed by atoms with E-state index in [1.807, 2.05) is 12.1 Å². The Morgan fingerprint density at radius 1 is 0.844 bits per heavy atom. The van der Waals surface area contributed by atoms with E-state index in [1.54, 1.807) is 12.1 Å². The molecule has 0 unspecified atom stereocenters. The molecule has 0 atom stereocenters. The second-order valence-corrected chi connectivity index (χ2v) is 6.99. The standard InChI is InChI=1S/C23H32N2O7/c1-2-3-10-24-20-6-4-19(5-7-20)23(28)32-18-17-31-16-15-30-14-13-29-12-11-25-21(26)8-9-22(25)27/h4-9,24H,2-3,10-18H2,1H3. The predicted molar refractivity (Wildman–Crippen MR) is 118 cm³/mol. The van der Waals surface area contributed by atoms with E-state index in [0.29, 0.717) is 32.0 Å². The lowest BCUT2D eigenvalue weighted by molar-refractivity contribution is -0.137. The van der Waals surface area contributed by atoms with Crippen LogP contribution >= 0.6 is 0 Å². The van der Waals surface area contributed by atoms with Gasteiger partial charge < -0.3 is 24.3 Å². The predicted octanol–water partition coefficient (Wildman–Crippen LogP) is 2.03. The van der Waals surface area contributed by atoms with Crippen molar-refractivity contribution in [1.29, 1.82) is 0 Å². The van der Waals surface area contributed by atoms with Gasteiger partial charge in [0.2, 0.25) is 0 Å². The number of nitrogens with one attached hydrogen (secondary N) is 1. The molecule has 2 rings (SSSR count). The van der Waals surface area contributed by atoms with Crippen LogP contribution in [-0.2, 0) is 28.5 Å². The molecule has 1 aliphatic rings. The summed E-state index contributed by atoms with van der Waals surface area (Å²) in [6.45, 7) is 5.49. The third kappa shape index (κ3) is 9.59. The minimum absolute atomic E-state index is 0.168. The maximum atomic E-state index is 12.0. The molecular formula is C23H32N2O7. The molecule has 0 spiro atoms. The van der Waals surface area contributed by atoms with E-state index >= 15 is 0 Å². The van der Waals surface area contributed by atoms with Gasteiger partial charge in [0.25, 0.3) is 11.8 Å². The van der Waals surface area contributed by atoms with Crippen LogP contribution < -0.4 is 5.32 Å².